The molecule has 0 bridgehead atoms. The van der Waals surface area contributed by atoms with Gasteiger partial charge in [0.1, 0.15) is 12.1 Å². The van der Waals surface area contributed by atoms with Crippen molar-refractivity contribution < 1.29 is 14.3 Å². The molecule has 0 aromatic heterocycles. The zero-order valence-electron chi connectivity index (χ0n) is 9.79. The fraction of sp³-hybridized carbons (Fsp3) is 0.800. The number of amides is 2. The first-order valence-corrected chi connectivity index (χ1v) is 5.13. The van der Waals surface area contributed by atoms with E-state index in [1.807, 2.05) is 6.92 Å². The quantitative estimate of drug-likeness (QED) is 0.659. The van der Waals surface area contributed by atoms with Crippen LogP contribution in [0.3, 0.4) is 0 Å². The molecule has 0 radical (unpaired) electrons. The summed E-state index contributed by atoms with van der Waals surface area (Å²) in [4.78, 5) is 22.7. The monoisotopic (exact) mass is 216 g/mol. The third-order valence-electron chi connectivity index (χ3n) is 2.02. The number of carbonyl (C=O) groups excluding carboxylic acids is 2. The summed E-state index contributed by atoms with van der Waals surface area (Å²) in [7, 11) is 1.45. The largest absolute Gasteiger partial charge is 0.372 e. The summed E-state index contributed by atoms with van der Waals surface area (Å²) < 4.78 is 4.83. The Morgan fingerprint density at radius 2 is 1.87 bits per heavy atom. The van der Waals surface area contributed by atoms with E-state index in [1.165, 1.54) is 7.11 Å². The molecule has 2 N–H and O–H groups in total. The van der Waals surface area contributed by atoms with E-state index in [-0.39, 0.29) is 11.8 Å². The van der Waals surface area contributed by atoms with E-state index in [1.54, 1.807) is 13.8 Å². The van der Waals surface area contributed by atoms with Crippen molar-refractivity contribution in [2.24, 2.45) is 0 Å². The number of rotatable bonds is 6. The maximum atomic E-state index is 11.4. The Morgan fingerprint density at radius 3 is 2.33 bits per heavy atom. The van der Waals surface area contributed by atoms with Gasteiger partial charge in [-0.15, -0.1) is 0 Å². The molecule has 2 unspecified atom stereocenters. The summed E-state index contributed by atoms with van der Waals surface area (Å²) in [6.07, 6.45) is 0.340. The number of nitrogens with one attached hydrogen (secondary N) is 2. The minimum atomic E-state index is -0.536. The fourth-order valence-corrected chi connectivity index (χ4v) is 0.905. The minimum Gasteiger partial charge on any atom is -0.372 e. The Kier molecular flexibility index (Phi) is 6.70. The molecule has 0 aliphatic carbocycles. The third kappa shape index (κ3) is 5.37. The zero-order chi connectivity index (χ0) is 11.8. The number of hydrogen-bond donors (Lipinski definition) is 2. The van der Waals surface area contributed by atoms with Crippen LogP contribution in [0.2, 0.25) is 0 Å². The van der Waals surface area contributed by atoms with Gasteiger partial charge in [-0.25, -0.2) is 0 Å². The topological polar surface area (TPSA) is 67.4 Å². The van der Waals surface area contributed by atoms with E-state index in [0.29, 0.717) is 6.54 Å². The number of hydrogen-bond acceptors (Lipinski definition) is 3. The van der Waals surface area contributed by atoms with E-state index < -0.39 is 12.1 Å². The van der Waals surface area contributed by atoms with Crippen LogP contribution in [-0.4, -0.2) is 37.6 Å². The number of methoxy groups -OCH3 is 1. The van der Waals surface area contributed by atoms with Gasteiger partial charge in [-0.3, -0.25) is 9.59 Å². The van der Waals surface area contributed by atoms with Gasteiger partial charge >= 0.3 is 0 Å². The van der Waals surface area contributed by atoms with Crippen molar-refractivity contribution in [3.8, 4) is 0 Å². The molecule has 2 amide bonds. The van der Waals surface area contributed by atoms with Crippen molar-refractivity contribution in [1.29, 1.82) is 0 Å². The van der Waals surface area contributed by atoms with Gasteiger partial charge in [-0.05, 0) is 20.3 Å². The van der Waals surface area contributed by atoms with Crippen molar-refractivity contribution in [3.63, 3.8) is 0 Å². The molecular formula is C10H20N2O3. The van der Waals surface area contributed by atoms with Crippen LogP contribution in [0.1, 0.15) is 27.2 Å². The molecule has 5 heteroatoms. The second kappa shape index (κ2) is 7.23. The molecule has 0 saturated carbocycles. The zero-order valence-corrected chi connectivity index (χ0v) is 9.79. The normalized spacial score (nSPS) is 14.1. The lowest BCUT2D eigenvalue weighted by atomic mass is 10.2. The van der Waals surface area contributed by atoms with Crippen LogP contribution in [0, 0.1) is 0 Å². The van der Waals surface area contributed by atoms with Crippen molar-refractivity contribution in [2.45, 2.75) is 39.3 Å². The highest BCUT2D eigenvalue weighted by Crippen LogP contribution is 1.90. The van der Waals surface area contributed by atoms with E-state index in [2.05, 4.69) is 10.6 Å². The Balaban J connectivity index is 3.95. The molecule has 0 spiro atoms. The smallest absolute Gasteiger partial charge is 0.249 e. The van der Waals surface area contributed by atoms with Crippen molar-refractivity contribution in [1.82, 2.24) is 10.6 Å². The summed E-state index contributed by atoms with van der Waals surface area (Å²) >= 11 is 0. The van der Waals surface area contributed by atoms with Crippen molar-refractivity contribution >= 4 is 11.8 Å². The minimum absolute atomic E-state index is 0.173. The van der Waals surface area contributed by atoms with Crippen LogP contribution in [0.25, 0.3) is 0 Å². The standard InChI is InChI=1S/C10H20N2O3/c1-5-6-11-9(13)7(2)12-10(14)8(3)15-4/h7-8H,5-6H2,1-4H3,(H,11,13)(H,12,14). The molecule has 15 heavy (non-hydrogen) atoms. The van der Waals surface area contributed by atoms with E-state index in [4.69, 9.17) is 4.74 Å². The molecule has 0 rings (SSSR count). The first kappa shape index (κ1) is 13.9. The molecule has 0 aliphatic heterocycles. The van der Waals surface area contributed by atoms with Crippen LogP contribution in [0.5, 0.6) is 0 Å². The van der Waals surface area contributed by atoms with E-state index >= 15 is 0 Å². The molecular weight excluding hydrogens is 196 g/mol. The Hall–Kier alpha value is -1.10. The van der Waals surface area contributed by atoms with Gasteiger partial charge in [0.25, 0.3) is 0 Å². The first-order chi connectivity index (χ1) is 7.02. The lowest BCUT2D eigenvalue weighted by Gasteiger charge is -2.16. The molecule has 0 heterocycles. The Labute approximate surface area is 90.6 Å². The van der Waals surface area contributed by atoms with Gasteiger partial charge in [-0.1, -0.05) is 6.92 Å². The predicted molar refractivity (Wildman–Crippen MR) is 57.4 cm³/mol. The van der Waals surface area contributed by atoms with Gasteiger partial charge in [0.05, 0.1) is 0 Å². The summed E-state index contributed by atoms with van der Waals surface area (Å²) in [6.45, 7) is 5.87. The maximum Gasteiger partial charge on any atom is 0.249 e. The van der Waals surface area contributed by atoms with Crippen LogP contribution < -0.4 is 10.6 Å². The molecule has 88 valence electrons. The second-order valence-corrected chi connectivity index (χ2v) is 3.40. The number of ether oxygens (including phenoxy) is 1. The molecule has 0 fully saturated rings. The molecule has 0 aromatic rings. The molecule has 5 nitrogen and oxygen atoms in total. The molecule has 0 aliphatic rings. The number of carbonyl (C=O) groups is 2. The lowest BCUT2D eigenvalue weighted by molar-refractivity contribution is -0.134. The average Bonchev–Trinajstić information content (AvgIpc) is 2.24. The van der Waals surface area contributed by atoms with Gasteiger partial charge < -0.3 is 15.4 Å². The summed E-state index contributed by atoms with van der Waals surface area (Å²) in [5.41, 5.74) is 0. The highest BCUT2D eigenvalue weighted by molar-refractivity contribution is 5.88. The van der Waals surface area contributed by atoms with Crippen LogP contribution in [0.4, 0.5) is 0 Å². The Bertz CT molecular complexity index is 219. The van der Waals surface area contributed by atoms with E-state index in [0.717, 1.165) is 6.42 Å². The maximum absolute atomic E-state index is 11.4. The average molecular weight is 216 g/mol. The summed E-state index contributed by atoms with van der Waals surface area (Å²) in [5.74, 6) is -0.454. The van der Waals surface area contributed by atoms with Crippen LogP contribution >= 0.6 is 0 Å². The summed E-state index contributed by atoms with van der Waals surface area (Å²) in [5, 5.41) is 5.26. The summed E-state index contributed by atoms with van der Waals surface area (Å²) in [6, 6.07) is -0.526. The van der Waals surface area contributed by atoms with Crippen molar-refractivity contribution in [2.75, 3.05) is 13.7 Å². The van der Waals surface area contributed by atoms with Crippen molar-refractivity contribution in [3.05, 3.63) is 0 Å². The Morgan fingerprint density at radius 1 is 1.27 bits per heavy atom. The molecule has 0 aromatic carbocycles. The SMILES string of the molecule is CCCNC(=O)C(C)NC(=O)C(C)OC. The fourth-order valence-electron chi connectivity index (χ4n) is 0.905. The van der Waals surface area contributed by atoms with Crippen LogP contribution in [0.15, 0.2) is 0 Å². The van der Waals surface area contributed by atoms with Gasteiger partial charge in [0.2, 0.25) is 11.8 Å². The molecule has 0 saturated heterocycles. The van der Waals surface area contributed by atoms with Gasteiger partial charge in [0, 0.05) is 13.7 Å². The highest BCUT2D eigenvalue weighted by Gasteiger charge is 2.18. The predicted octanol–water partition coefficient (Wildman–Crippen LogP) is 0.0522. The second-order valence-electron chi connectivity index (χ2n) is 3.40. The van der Waals surface area contributed by atoms with Gasteiger partial charge in [0.15, 0.2) is 0 Å². The van der Waals surface area contributed by atoms with E-state index in [9.17, 15) is 9.59 Å². The lowest BCUT2D eigenvalue weighted by Crippen LogP contribution is -2.47. The first-order valence-electron chi connectivity index (χ1n) is 5.13. The van der Waals surface area contributed by atoms with Crippen LogP contribution in [-0.2, 0) is 14.3 Å². The highest BCUT2D eigenvalue weighted by atomic mass is 16.5. The third-order valence-corrected chi connectivity index (χ3v) is 2.02. The molecule has 2 atom stereocenters. The van der Waals surface area contributed by atoms with Gasteiger partial charge in [-0.2, -0.15) is 0 Å².